The normalized spacial score (nSPS) is 12.2. The first-order valence-corrected chi connectivity index (χ1v) is 5.68. The number of nitrogens with one attached hydrogen (secondary N) is 1. The molecule has 1 amide bonds. The molecular weight excluding hydrogens is 254 g/mol. The standard InChI is InChI=1S/C13H16F2N2O2/c1-8(10-6-5-9(14)7-11(10)15)16-17-12(18)19-13(2,3)4/h5-7H,1-4H3,(H,17,18)/b16-8+. The number of benzene rings is 1. The molecule has 0 aliphatic heterocycles. The molecule has 0 saturated carbocycles. The second-order valence-electron chi connectivity index (χ2n) is 4.94. The van der Waals surface area contributed by atoms with Gasteiger partial charge in [0.1, 0.15) is 17.2 Å². The minimum absolute atomic E-state index is 0.109. The topological polar surface area (TPSA) is 50.7 Å². The molecule has 0 aromatic heterocycles. The van der Waals surface area contributed by atoms with Crippen LogP contribution in [0.15, 0.2) is 23.3 Å². The van der Waals surface area contributed by atoms with Crippen LogP contribution in [0.1, 0.15) is 33.3 Å². The lowest BCUT2D eigenvalue weighted by Crippen LogP contribution is -2.30. The van der Waals surface area contributed by atoms with Crippen molar-refractivity contribution in [3.63, 3.8) is 0 Å². The van der Waals surface area contributed by atoms with E-state index in [0.717, 1.165) is 12.1 Å². The number of carbonyl (C=O) groups excluding carboxylic acids is 1. The van der Waals surface area contributed by atoms with Gasteiger partial charge in [-0.15, -0.1) is 0 Å². The quantitative estimate of drug-likeness (QED) is 0.662. The van der Waals surface area contributed by atoms with Crippen molar-refractivity contribution < 1.29 is 18.3 Å². The van der Waals surface area contributed by atoms with E-state index in [1.54, 1.807) is 20.8 Å². The lowest BCUT2D eigenvalue weighted by Gasteiger charge is -2.18. The van der Waals surface area contributed by atoms with Gasteiger partial charge in [0.05, 0.1) is 5.71 Å². The first kappa shape index (κ1) is 15.1. The second kappa shape index (κ2) is 5.77. The minimum Gasteiger partial charge on any atom is -0.443 e. The van der Waals surface area contributed by atoms with Crippen LogP contribution in [-0.4, -0.2) is 17.4 Å². The highest BCUT2D eigenvalue weighted by molar-refractivity contribution is 5.99. The van der Waals surface area contributed by atoms with Crippen LogP contribution in [0.5, 0.6) is 0 Å². The summed E-state index contributed by atoms with van der Waals surface area (Å²) in [6.45, 7) is 6.63. The average molecular weight is 270 g/mol. The Labute approximate surface area is 110 Å². The number of carbonyl (C=O) groups is 1. The van der Waals surface area contributed by atoms with Crippen LogP contribution in [0.25, 0.3) is 0 Å². The lowest BCUT2D eigenvalue weighted by atomic mass is 10.1. The third-order valence-corrected chi connectivity index (χ3v) is 2.03. The fraction of sp³-hybridized carbons (Fsp3) is 0.385. The molecule has 1 rings (SSSR count). The Morgan fingerprint density at radius 1 is 1.32 bits per heavy atom. The Morgan fingerprint density at radius 2 is 1.95 bits per heavy atom. The van der Waals surface area contributed by atoms with Gasteiger partial charge < -0.3 is 4.74 Å². The largest absolute Gasteiger partial charge is 0.443 e. The molecule has 0 aliphatic carbocycles. The molecule has 0 unspecified atom stereocenters. The second-order valence-corrected chi connectivity index (χ2v) is 4.94. The number of amides is 1. The van der Waals surface area contributed by atoms with E-state index >= 15 is 0 Å². The van der Waals surface area contributed by atoms with Crippen molar-refractivity contribution in [2.24, 2.45) is 5.10 Å². The van der Waals surface area contributed by atoms with Crippen LogP contribution in [-0.2, 0) is 4.74 Å². The van der Waals surface area contributed by atoms with E-state index in [1.165, 1.54) is 13.0 Å². The molecule has 0 atom stereocenters. The van der Waals surface area contributed by atoms with Gasteiger partial charge >= 0.3 is 6.09 Å². The van der Waals surface area contributed by atoms with E-state index in [2.05, 4.69) is 10.5 Å². The summed E-state index contributed by atoms with van der Waals surface area (Å²) in [5, 5.41) is 3.70. The molecule has 19 heavy (non-hydrogen) atoms. The van der Waals surface area contributed by atoms with Crippen molar-refractivity contribution in [2.75, 3.05) is 0 Å². The molecular formula is C13H16F2N2O2. The average Bonchev–Trinajstić information content (AvgIpc) is 2.23. The molecule has 104 valence electrons. The fourth-order valence-corrected chi connectivity index (χ4v) is 1.27. The summed E-state index contributed by atoms with van der Waals surface area (Å²) in [5.74, 6) is -1.42. The Balaban J connectivity index is 2.75. The Kier molecular flexibility index (Phi) is 4.58. The zero-order valence-electron chi connectivity index (χ0n) is 11.3. The van der Waals surface area contributed by atoms with Crippen LogP contribution in [0.4, 0.5) is 13.6 Å². The maximum atomic E-state index is 13.4. The maximum Gasteiger partial charge on any atom is 0.428 e. The monoisotopic (exact) mass is 270 g/mol. The van der Waals surface area contributed by atoms with E-state index in [-0.39, 0.29) is 11.3 Å². The van der Waals surface area contributed by atoms with Gasteiger partial charge in [-0.25, -0.2) is 19.0 Å². The summed E-state index contributed by atoms with van der Waals surface area (Å²) < 4.78 is 31.1. The van der Waals surface area contributed by atoms with Gasteiger partial charge in [-0.2, -0.15) is 5.10 Å². The number of rotatable bonds is 2. The number of nitrogens with zero attached hydrogens (tertiary/aromatic N) is 1. The third-order valence-electron chi connectivity index (χ3n) is 2.03. The molecule has 6 heteroatoms. The summed E-state index contributed by atoms with van der Waals surface area (Å²) in [5.41, 5.74) is 1.82. The van der Waals surface area contributed by atoms with Crippen molar-refractivity contribution in [1.29, 1.82) is 0 Å². The van der Waals surface area contributed by atoms with Crippen LogP contribution in [0.3, 0.4) is 0 Å². The van der Waals surface area contributed by atoms with Crippen LogP contribution < -0.4 is 5.43 Å². The number of halogens is 2. The van der Waals surface area contributed by atoms with Gasteiger partial charge in [0, 0.05) is 11.6 Å². The zero-order valence-corrected chi connectivity index (χ0v) is 11.3. The number of ether oxygens (including phenoxy) is 1. The summed E-state index contributed by atoms with van der Waals surface area (Å²) >= 11 is 0. The summed E-state index contributed by atoms with van der Waals surface area (Å²) in [4.78, 5) is 11.3. The number of hydrazone groups is 1. The Morgan fingerprint density at radius 3 is 2.47 bits per heavy atom. The maximum absolute atomic E-state index is 13.4. The molecule has 1 aromatic rings. The van der Waals surface area contributed by atoms with Crippen molar-refractivity contribution in [2.45, 2.75) is 33.3 Å². The first-order chi connectivity index (χ1) is 8.69. The highest BCUT2D eigenvalue weighted by Crippen LogP contribution is 2.11. The van der Waals surface area contributed by atoms with Crippen molar-refractivity contribution in [1.82, 2.24) is 5.43 Å². The lowest BCUT2D eigenvalue weighted by molar-refractivity contribution is 0.0529. The highest BCUT2D eigenvalue weighted by atomic mass is 19.1. The van der Waals surface area contributed by atoms with E-state index in [4.69, 9.17) is 4.74 Å². The molecule has 0 aliphatic rings. The van der Waals surface area contributed by atoms with Gasteiger partial charge in [0.15, 0.2) is 0 Å². The Hall–Kier alpha value is -1.98. The van der Waals surface area contributed by atoms with Crippen LogP contribution in [0, 0.1) is 11.6 Å². The highest BCUT2D eigenvalue weighted by Gasteiger charge is 2.15. The van der Waals surface area contributed by atoms with Crippen LogP contribution in [0.2, 0.25) is 0 Å². The molecule has 0 heterocycles. The molecule has 1 aromatic carbocycles. The van der Waals surface area contributed by atoms with Gasteiger partial charge in [-0.3, -0.25) is 0 Å². The molecule has 4 nitrogen and oxygen atoms in total. The van der Waals surface area contributed by atoms with E-state index < -0.39 is 23.3 Å². The van der Waals surface area contributed by atoms with E-state index in [0.29, 0.717) is 0 Å². The van der Waals surface area contributed by atoms with E-state index in [9.17, 15) is 13.6 Å². The summed E-state index contributed by atoms with van der Waals surface area (Å²) in [6, 6.07) is 3.12. The third kappa shape index (κ3) is 5.03. The molecule has 0 saturated heterocycles. The smallest absolute Gasteiger partial charge is 0.428 e. The summed E-state index contributed by atoms with van der Waals surface area (Å²) in [6.07, 6.45) is -0.741. The zero-order chi connectivity index (χ0) is 14.6. The minimum atomic E-state index is -0.743. The molecule has 0 radical (unpaired) electrons. The molecule has 1 N–H and O–H groups in total. The van der Waals surface area contributed by atoms with Crippen LogP contribution >= 0.6 is 0 Å². The molecule has 0 spiro atoms. The fourth-order valence-electron chi connectivity index (χ4n) is 1.27. The van der Waals surface area contributed by atoms with Crippen molar-refractivity contribution in [3.05, 3.63) is 35.4 Å². The first-order valence-electron chi connectivity index (χ1n) is 5.68. The summed E-state index contributed by atoms with van der Waals surface area (Å²) in [7, 11) is 0. The predicted octanol–water partition coefficient (Wildman–Crippen LogP) is 3.21. The van der Waals surface area contributed by atoms with Gasteiger partial charge in [0.2, 0.25) is 0 Å². The van der Waals surface area contributed by atoms with Crippen molar-refractivity contribution in [3.8, 4) is 0 Å². The van der Waals surface area contributed by atoms with Crippen molar-refractivity contribution >= 4 is 11.8 Å². The van der Waals surface area contributed by atoms with Gasteiger partial charge in [-0.1, -0.05) is 0 Å². The van der Waals surface area contributed by atoms with E-state index in [1.807, 2.05) is 0 Å². The molecule has 0 fully saturated rings. The van der Waals surface area contributed by atoms with Gasteiger partial charge in [0.25, 0.3) is 0 Å². The Bertz CT molecular complexity index is 508. The number of hydrogen-bond acceptors (Lipinski definition) is 3. The SMILES string of the molecule is C/C(=N\NC(=O)OC(C)(C)C)c1ccc(F)cc1F. The van der Waals surface area contributed by atoms with Gasteiger partial charge in [-0.05, 0) is 39.8 Å². The predicted molar refractivity (Wildman–Crippen MR) is 67.9 cm³/mol. The number of hydrogen-bond donors (Lipinski definition) is 1. The molecule has 0 bridgehead atoms.